The Morgan fingerprint density at radius 2 is 2.25 bits per heavy atom. The SMILES string of the molecule is CNc1cc(N2CCCSCC2)nc(N)n1. The highest BCUT2D eigenvalue weighted by Gasteiger charge is 2.12. The standard InChI is InChI=1S/C10H17N5S/c1-12-8-7-9(14-10(11)13-8)15-3-2-5-16-6-4-15/h7H,2-6H2,1H3,(H3,11,12,13,14). The van der Waals surface area contributed by atoms with Crippen molar-refractivity contribution in [3.8, 4) is 0 Å². The molecular weight excluding hydrogens is 222 g/mol. The van der Waals surface area contributed by atoms with Gasteiger partial charge in [-0.2, -0.15) is 21.7 Å². The van der Waals surface area contributed by atoms with Gasteiger partial charge in [0.1, 0.15) is 11.6 Å². The molecule has 0 aromatic carbocycles. The van der Waals surface area contributed by atoms with Gasteiger partial charge in [-0.15, -0.1) is 0 Å². The number of thioether (sulfide) groups is 1. The van der Waals surface area contributed by atoms with Crippen LogP contribution >= 0.6 is 11.8 Å². The van der Waals surface area contributed by atoms with Crippen LogP contribution in [-0.4, -0.2) is 41.6 Å². The lowest BCUT2D eigenvalue weighted by molar-refractivity contribution is 0.800. The van der Waals surface area contributed by atoms with Crippen molar-refractivity contribution in [1.29, 1.82) is 0 Å². The van der Waals surface area contributed by atoms with Crippen LogP contribution in [0.15, 0.2) is 6.07 Å². The Balaban J connectivity index is 2.20. The summed E-state index contributed by atoms with van der Waals surface area (Å²) in [4.78, 5) is 10.7. The van der Waals surface area contributed by atoms with E-state index in [2.05, 4.69) is 20.2 Å². The Labute approximate surface area is 99.8 Å². The second-order valence-electron chi connectivity index (χ2n) is 3.67. The summed E-state index contributed by atoms with van der Waals surface area (Å²) in [5.41, 5.74) is 5.69. The van der Waals surface area contributed by atoms with Gasteiger partial charge >= 0.3 is 0 Å². The summed E-state index contributed by atoms with van der Waals surface area (Å²) in [7, 11) is 1.84. The van der Waals surface area contributed by atoms with E-state index in [0.29, 0.717) is 5.95 Å². The summed E-state index contributed by atoms with van der Waals surface area (Å²) < 4.78 is 0. The maximum Gasteiger partial charge on any atom is 0.223 e. The van der Waals surface area contributed by atoms with Gasteiger partial charge in [-0.3, -0.25) is 0 Å². The molecule has 16 heavy (non-hydrogen) atoms. The molecule has 3 N–H and O–H groups in total. The average molecular weight is 239 g/mol. The van der Waals surface area contributed by atoms with Crippen LogP contribution in [0.25, 0.3) is 0 Å². The van der Waals surface area contributed by atoms with Gasteiger partial charge in [0, 0.05) is 32.0 Å². The van der Waals surface area contributed by atoms with E-state index in [0.717, 1.165) is 30.5 Å². The molecule has 0 atom stereocenters. The van der Waals surface area contributed by atoms with Crippen molar-refractivity contribution >= 4 is 29.3 Å². The van der Waals surface area contributed by atoms with Crippen LogP contribution in [0.1, 0.15) is 6.42 Å². The Bertz CT molecular complexity index is 349. The first-order chi connectivity index (χ1) is 7.79. The van der Waals surface area contributed by atoms with Crippen molar-refractivity contribution in [2.24, 2.45) is 0 Å². The van der Waals surface area contributed by atoms with Crippen LogP contribution in [0.5, 0.6) is 0 Å². The molecule has 1 aliphatic rings. The Morgan fingerprint density at radius 3 is 3.06 bits per heavy atom. The minimum absolute atomic E-state index is 0.332. The molecule has 1 aliphatic heterocycles. The van der Waals surface area contributed by atoms with Gasteiger partial charge in [0.2, 0.25) is 5.95 Å². The molecule has 2 rings (SSSR count). The molecule has 0 bridgehead atoms. The summed E-state index contributed by atoms with van der Waals surface area (Å²) in [5, 5.41) is 3.00. The Kier molecular flexibility index (Phi) is 3.71. The third kappa shape index (κ3) is 2.69. The first-order valence-corrected chi connectivity index (χ1v) is 6.60. The lowest BCUT2D eigenvalue weighted by Gasteiger charge is -2.21. The number of anilines is 3. The number of nitrogen functional groups attached to an aromatic ring is 1. The maximum atomic E-state index is 5.69. The Hall–Kier alpha value is -1.17. The van der Waals surface area contributed by atoms with Crippen LogP contribution in [0.2, 0.25) is 0 Å². The van der Waals surface area contributed by atoms with Gasteiger partial charge in [-0.05, 0) is 12.2 Å². The summed E-state index contributed by atoms with van der Waals surface area (Å²) in [5.74, 6) is 4.42. The molecule has 1 aromatic heterocycles. The molecule has 1 aromatic rings. The van der Waals surface area contributed by atoms with Crippen LogP contribution in [0.3, 0.4) is 0 Å². The number of nitrogens with one attached hydrogen (secondary N) is 1. The first-order valence-electron chi connectivity index (χ1n) is 5.44. The van der Waals surface area contributed by atoms with Gasteiger partial charge < -0.3 is 16.0 Å². The highest BCUT2D eigenvalue weighted by atomic mass is 32.2. The van der Waals surface area contributed by atoms with Crippen LogP contribution in [-0.2, 0) is 0 Å². The van der Waals surface area contributed by atoms with E-state index >= 15 is 0 Å². The van der Waals surface area contributed by atoms with Crippen molar-refractivity contribution in [3.05, 3.63) is 6.07 Å². The number of hydrogen-bond acceptors (Lipinski definition) is 6. The molecular formula is C10H17N5S. The molecule has 1 saturated heterocycles. The molecule has 0 unspecified atom stereocenters. The fraction of sp³-hybridized carbons (Fsp3) is 0.600. The van der Waals surface area contributed by atoms with Crippen molar-refractivity contribution in [2.45, 2.75) is 6.42 Å². The number of nitrogens with two attached hydrogens (primary N) is 1. The van der Waals surface area contributed by atoms with E-state index < -0.39 is 0 Å². The van der Waals surface area contributed by atoms with E-state index in [-0.39, 0.29) is 0 Å². The normalized spacial score (nSPS) is 16.9. The lowest BCUT2D eigenvalue weighted by atomic mass is 10.4. The highest BCUT2D eigenvalue weighted by molar-refractivity contribution is 7.99. The molecule has 0 spiro atoms. The summed E-state index contributed by atoms with van der Waals surface area (Å²) in [6.45, 7) is 2.08. The van der Waals surface area contributed by atoms with Gasteiger partial charge in [-0.25, -0.2) is 0 Å². The van der Waals surface area contributed by atoms with Crippen molar-refractivity contribution in [1.82, 2.24) is 9.97 Å². The van der Waals surface area contributed by atoms with E-state index in [4.69, 9.17) is 5.73 Å². The predicted octanol–water partition coefficient (Wildman–Crippen LogP) is 1.04. The third-order valence-corrected chi connectivity index (χ3v) is 3.58. The summed E-state index contributed by atoms with van der Waals surface area (Å²) in [6.07, 6.45) is 1.20. The van der Waals surface area contributed by atoms with E-state index in [1.165, 1.54) is 12.2 Å². The molecule has 1 fully saturated rings. The number of rotatable bonds is 2. The molecule has 0 aliphatic carbocycles. The van der Waals surface area contributed by atoms with Crippen molar-refractivity contribution in [2.75, 3.05) is 47.6 Å². The van der Waals surface area contributed by atoms with Gasteiger partial charge in [0.15, 0.2) is 0 Å². The van der Waals surface area contributed by atoms with E-state index in [9.17, 15) is 0 Å². The maximum absolute atomic E-state index is 5.69. The van der Waals surface area contributed by atoms with Gasteiger partial charge in [-0.1, -0.05) is 0 Å². The molecule has 6 heteroatoms. The zero-order chi connectivity index (χ0) is 11.4. The zero-order valence-corrected chi connectivity index (χ0v) is 10.3. The van der Waals surface area contributed by atoms with Gasteiger partial charge in [0.05, 0.1) is 0 Å². The first kappa shape index (κ1) is 11.3. The number of nitrogens with zero attached hydrogens (tertiary/aromatic N) is 3. The summed E-state index contributed by atoms with van der Waals surface area (Å²) in [6, 6.07) is 1.95. The second-order valence-corrected chi connectivity index (χ2v) is 4.90. The Morgan fingerprint density at radius 1 is 1.38 bits per heavy atom. The topological polar surface area (TPSA) is 67.1 Å². The van der Waals surface area contributed by atoms with Crippen LogP contribution in [0, 0.1) is 0 Å². The van der Waals surface area contributed by atoms with Gasteiger partial charge in [0.25, 0.3) is 0 Å². The second kappa shape index (κ2) is 5.25. The molecule has 0 saturated carbocycles. The molecule has 0 amide bonds. The predicted molar refractivity (Wildman–Crippen MR) is 70.1 cm³/mol. The lowest BCUT2D eigenvalue weighted by Crippen LogP contribution is -2.26. The molecule has 2 heterocycles. The van der Waals surface area contributed by atoms with Crippen molar-refractivity contribution in [3.63, 3.8) is 0 Å². The highest BCUT2D eigenvalue weighted by Crippen LogP contribution is 2.20. The minimum atomic E-state index is 0.332. The molecule has 0 radical (unpaired) electrons. The molecule has 88 valence electrons. The smallest absolute Gasteiger partial charge is 0.223 e. The largest absolute Gasteiger partial charge is 0.373 e. The summed E-state index contributed by atoms with van der Waals surface area (Å²) >= 11 is 2.00. The minimum Gasteiger partial charge on any atom is -0.373 e. The van der Waals surface area contributed by atoms with Crippen molar-refractivity contribution < 1.29 is 0 Å². The zero-order valence-electron chi connectivity index (χ0n) is 9.44. The monoisotopic (exact) mass is 239 g/mol. The number of hydrogen-bond donors (Lipinski definition) is 2. The average Bonchev–Trinajstić information content (AvgIpc) is 2.56. The molecule has 5 nitrogen and oxygen atoms in total. The fourth-order valence-corrected chi connectivity index (χ4v) is 2.60. The quantitative estimate of drug-likeness (QED) is 0.804. The number of aromatic nitrogens is 2. The van der Waals surface area contributed by atoms with Crippen LogP contribution < -0.4 is 16.0 Å². The van der Waals surface area contributed by atoms with E-state index in [1.807, 2.05) is 24.9 Å². The fourth-order valence-electron chi connectivity index (χ4n) is 1.72. The van der Waals surface area contributed by atoms with E-state index in [1.54, 1.807) is 0 Å². The van der Waals surface area contributed by atoms with Crippen LogP contribution in [0.4, 0.5) is 17.6 Å². The third-order valence-electron chi connectivity index (χ3n) is 2.53.